The zero-order valence-electron chi connectivity index (χ0n) is 11.1. The van der Waals surface area contributed by atoms with E-state index in [1.807, 2.05) is 6.92 Å². The van der Waals surface area contributed by atoms with E-state index in [9.17, 15) is 9.59 Å². The molecule has 0 aliphatic rings. The average Bonchev–Trinajstić information content (AvgIpc) is 2.40. The summed E-state index contributed by atoms with van der Waals surface area (Å²) in [5, 5.41) is 5.35. The summed E-state index contributed by atoms with van der Waals surface area (Å²) in [6.07, 6.45) is 0.580. The molecule has 1 aromatic rings. The van der Waals surface area contributed by atoms with Gasteiger partial charge in [0, 0.05) is 18.5 Å². The lowest BCUT2D eigenvalue weighted by Gasteiger charge is -2.10. The van der Waals surface area contributed by atoms with Crippen LogP contribution in [0.2, 0.25) is 0 Å². The summed E-state index contributed by atoms with van der Waals surface area (Å²) in [5.74, 6) is -0.453. The Kier molecular flexibility index (Phi) is 5.98. The molecule has 0 radical (unpaired) electrons. The summed E-state index contributed by atoms with van der Waals surface area (Å²) in [6.45, 7) is 1.85. The molecule has 0 heterocycles. The first-order valence-electron chi connectivity index (χ1n) is 6.02. The standard InChI is InChI=1S/C13H19N3O3/c1-3-11(14)13(18)16-10-6-4-9(5-7-10)15-12(17)8-19-2/h4-7,11H,3,8,14H2,1-2H3,(H,15,17)(H,16,18)/t11-/m1/s1. The third-order valence-electron chi connectivity index (χ3n) is 2.49. The van der Waals surface area contributed by atoms with E-state index in [1.165, 1.54) is 7.11 Å². The van der Waals surface area contributed by atoms with Crippen molar-refractivity contribution in [3.63, 3.8) is 0 Å². The summed E-state index contributed by atoms with van der Waals surface area (Å²) >= 11 is 0. The summed E-state index contributed by atoms with van der Waals surface area (Å²) in [4.78, 5) is 22.8. The number of benzene rings is 1. The van der Waals surface area contributed by atoms with Crippen LogP contribution in [0.4, 0.5) is 11.4 Å². The fourth-order valence-corrected chi connectivity index (χ4v) is 1.39. The fraction of sp³-hybridized carbons (Fsp3) is 0.385. The normalized spacial score (nSPS) is 11.7. The number of carbonyl (C=O) groups excluding carboxylic acids is 2. The first kappa shape index (κ1) is 15.1. The highest BCUT2D eigenvalue weighted by atomic mass is 16.5. The Balaban J connectivity index is 2.56. The van der Waals surface area contributed by atoms with Crippen molar-refractivity contribution in [1.29, 1.82) is 0 Å². The summed E-state index contributed by atoms with van der Waals surface area (Å²) in [6, 6.07) is 6.27. The van der Waals surface area contributed by atoms with Gasteiger partial charge in [0.05, 0.1) is 6.04 Å². The second-order valence-corrected chi connectivity index (χ2v) is 4.06. The van der Waals surface area contributed by atoms with Crippen molar-refractivity contribution in [3.05, 3.63) is 24.3 Å². The maximum Gasteiger partial charge on any atom is 0.250 e. The van der Waals surface area contributed by atoms with Crippen molar-refractivity contribution in [2.24, 2.45) is 5.73 Å². The maximum atomic E-state index is 11.6. The molecule has 1 aromatic carbocycles. The molecular weight excluding hydrogens is 246 g/mol. The van der Waals surface area contributed by atoms with Gasteiger partial charge >= 0.3 is 0 Å². The molecule has 0 spiro atoms. The summed E-state index contributed by atoms with van der Waals surface area (Å²) in [5.41, 5.74) is 6.89. The predicted molar refractivity (Wildman–Crippen MR) is 73.8 cm³/mol. The van der Waals surface area contributed by atoms with Crippen molar-refractivity contribution in [2.75, 3.05) is 24.4 Å². The van der Waals surface area contributed by atoms with Gasteiger partial charge in [0.15, 0.2) is 0 Å². The van der Waals surface area contributed by atoms with Gasteiger partial charge in [-0.15, -0.1) is 0 Å². The van der Waals surface area contributed by atoms with Gasteiger partial charge in [0.25, 0.3) is 0 Å². The number of rotatable bonds is 6. The molecule has 6 heteroatoms. The first-order valence-corrected chi connectivity index (χ1v) is 6.02. The Morgan fingerprint density at radius 1 is 1.21 bits per heavy atom. The van der Waals surface area contributed by atoms with Crippen LogP contribution < -0.4 is 16.4 Å². The van der Waals surface area contributed by atoms with E-state index in [-0.39, 0.29) is 18.4 Å². The smallest absolute Gasteiger partial charge is 0.250 e. The van der Waals surface area contributed by atoms with E-state index in [0.717, 1.165) is 0 Å². The molecule has 0 bridgehead atoms. The highest BCUT2D eigenvalue weighted by Crippen LogP contribution is 2.13. The van der Waals surface area contributed by atoms with Crippen LogP contribution >= 0.6 is 0 Å². The number of nitrogens with two attached hydrogens (primary N) is 1. The molecule has 4 N–H and O–H groups in total. The quantitative estimate of drug-likeness (QED) is 0.713. The SMILES string of the molecule is CC[C@@H](N)C(=O)Nc1ccc(NC(=O)COC)cc1. The van der Waals surface area contributed by atoms with Gasteiger partial charge in [-0.1, -0.05) is 6.92 Å². The lowest BCUT2D eigenvalue weighted by Crippen LogP contribution is -2.34. The fourth-order valence-electron chi connectivity index (χ4n) is 1.39. The number of nitrogens with one attached hydrogen (secondary N) is 2. The van der Waals surface area contributed by atoms with Crippen LogP contribution in [-0.2, 0) is 14.3 Å². The molecule has 104 valence electrons. The van der Waals surface area contributed by atoms with E-state index in [1.54, 1.807) is 24.3 Å². The molecule has 1 atom stereocenters. The molecule has 0 aromatic heterocycles. The van der Waals surface area contributed by atoms with Crippen molar-refractivity contribution < 1.29 is 14.3 Å². The van der Waals surface area contributed by atoms with Crippen LogP contribution in [0.15, 0.2) is 24.3 Å². The molecule has 0 saturated heterocycles. The molecule has 6 nitrogen and oxygen atoms in total. The minimum atomic E-state index is -0.513. The minimum absolute atomic E-state index is 0.00381. The Bertz CT molecular complexity index is 431. The number of methoxy groups -OCH3 is 1. The van der Waals surface area contributed by atoms with Crippen LogP contribution in [0.25, 0.3) is 0 Å². The second kappa shape index (κ2) is 7.50. The molecule has 0 saturated carbocycles. The summed E-state index contributed by atoms with van der Waals surface area (Å²) in [7, 11) is 1.45. The van der Waals surface area contributed by atoms with E-state index in [0.29, 0.717) is 17.8 Å². The molecular formula is C13H19N3O3. The average molecular weight is 265 g/mol. The minimum Gasteiger partial charge on any atom is -0.375 e. The molecule has 0 unspecified atom stereocenters. The van der Waals surface area contributed by atoms with Crippen molar-refractivity contribution in [1.82, 2.24) is 0 Å². The van der Waals surface area contributed by atoms with Crippen LogP contribution in [0.3, 0.4) is 0 Å². The molecule has 0 aliphatic carbocycles. The van der Waals surface area contributed by atoms with Crippen molar-refractivity contribution >= 4 is 23.2 Å². The van der Waals surface area contributed by atoms with Crippen molar-refractivity contribution in [3.8, 4) is 0 Å². The van der Waals surface area contributed by atoms with Gasteiger partial charge in [-0.2, -0.15) is 0 Å². The lowest BCUT2D eigenvalue weighted by molar-refractivity contribution is -0.119. The lowest BCUT2D eigenvalue weighted by atomic mass is 10.2. The first-order chi connectivity index (χ1) is 9.06. The zero-order chi connectivity index (χ0) is 14.3. The van der Waals surface area contributed by atoms with Crippen molar-refractivity contribution in [2.45, 2.75) is 19.4 Å². The third-order valence-corrected chi connectivity index (χ3v) is 2.49. The second-order valence-electron chi connectivity index (χ2n) is 4.06. The zero-order valence-corrected chi connectivity index (χ0v) is 11.1. The molecule has 0 aliphatic heterocycles. The topological polar surface area (TPSA) is 93.5 Å². The van der Waals surface area contributed by atoms with Crippen LogP contribution in [0, 0.1) is 0 Å². The number of hydrogen-bond donors (Lipinski definition) is 3. The van der Waals surface area contributed by atoms with Crippen LogP contribution in [0.5, 0.6) is 0 Å². The van der Waals surface area contributed by atoms with Gasteiger partial charge in [-0.3, -0.25) is 9.59 Å². The van der Waals surface area contributed by atoms with Gasteiger partial charge in [0.1, 0.15) is 6.61 Å². The Labute approximate surface area is 112 Å². The Morgan fingerprint density at radius 3 is 2.21 bits per heavy atom. The number of hydrogen-bond acceptors (Lipinski definition) is 4. The van der Waals surface area contributed by atoms with Crippen LogP contribution in [0.1, 0.15) is 13.3 Å². The van der Waals surface area contributed by atoms with E-state index >= 15 is 0 Å². The third kappa shape index (κ3) is 5.07. The summed E-state index contributed by atoms with van der Waals surface area (Å²) < 4.78 is 4.71. The number of anilines is 2. The monoisotopic (exact) mass is 265 g/mol. The van der Waals surface area contributed by atoms with Gasteiger partial charge < -0.3 is 21.1 Å². The van der Waals surface area contributed by atoms with E-state index in [4.69, 9.17) is 10.5 Å². The van der Waals surface area contributed by atoms with Gasteiger partial charge in [-0.25, -0.2) is 0 Å². The highest BCUT2D eigenvalue weighted by molar-refractivity contribution is 5.95. The Hall–Kier alpha value is -1.92. The van der Waals surface area contributed by atoms with E-state index < -0.39 is 6.04 Å². The number of carbonyl (C=O) groups is 2. The molecule has 2 amide bonds. The Morgan fingerprint density at radius 2 is 1.74 bits per heavy atom. The highest BCUT2D eigenvalue weighted by Gasteiger charge is 2.10. The van der Waals surface area contributed by atoms with Crippen LogP contribution in [-0.4, -0.2) is 31.6 Å². The number of ether oxygens (including phenoxy) is 1. The molecule has 1 rings (SSSR count). The van der Waals surface area contributed by atoms with E-state index in [2.05, 4.69) is 10.6 Å². The van der Waals surface area contributed by atoms with Gasteiger partial charge in [-0.05, 0) is 30.7 Å². The maximum absolute atomic E-state index is 11.6. The molecule has 19 heavy (non-hydrogen) atoms. The number of amides is 2. The van der Waals surface area contributed by atoms with Gasteiger partial charge in [0.2, 0.25) is 11.8 Å². The largest absolute Gasteiger partial charge is 0.375 e. The molecule has 0 fully saturated rings. The predicted octanol–water partition coefficient (Wildman–Crippen LogP) is 0.947.